The highest BCUT2D eigenvalue weighted by Gasteiger charge is 2.49. The van der Waals surface area contributed by atoms with Crippen LogP contribution in [0.2, 0.25) is 0 Å². The molecule has 2 rings (SSSR count). The van der Waals surface area contributed by atoms with Gasteiger partial charge in [-0.1, -0.05) is 12.1 Å². The number of hydrogen-bond acceptors (Lipinski definition) is 5. The summed E-state index contributed by atoms with van der Waals surface area (Å²) in [6, 6.07) is 4.29. The molecule has 1 aromatic carbocycles. The van der Waals surface area contributed by atoms with Crippen molar-refractivity contribution in [1.29, 1.82) is 0 Å². The normalized spacial score (nSPS) is 15.3. The van der Waals surface area contributed by atoms with E-state index in [0.29, 0.717) is 12.8 Å². The summed E-state index contributed by atoms with van der Waals surface area (Å²) in [5, 5.41) is 4.10. The summed E-state index contributed by atoms with van der Waals surface area (Å²) < 4.78 is 42.8. The van der Waals surface area contributed by atoms with Crippen LogP contribution in [0.1, 0.15) is 18.4 Å². The van der Waals surface area contributed by atoms with Crippen LogP contribution in [0.4, 0.5) is 4.39 Å². The van der Waals surface area contributed by atoms with Crippen LogP contribution in [-0.4, -0.2) is 27.3 Å². The number of halogens is 1. The van der Waals surface area contributed by atoms with Crippen molar-refractivity contribution in [1.82, 2.24) is 10.6 Å². The zero-order chi connectivity index (χ0) is 15.5. The Balaban J connectivity index is 2.52. The van der Waals surface area contributed by atoms with Crippen LogP contribution in [-0.2, 0) is 28.9 Å². The van der Waals surface area contributed by atoms with E-state index in [4.69, 9.17) is 4.18 Å². The smallest absolute Gasteiger partial charge is 0.316 e. The molecule has 0 atom stereocenters. The molecule has 114 valence electrons. The van der Waals surface area contributed by atoms with E-state index in [0.717, 1.165) is 24.3 Å². The lowest BCUT2D eigenvalue weighted by Crippen LogP contribution is -2.59. The molecule has 2 amide bonds. The van der Waals surface area contributed by atoms with Crippen molar-refractivity contribution < 1.29 is 26.6 Å². The quantitative estimate of drug-likeness (QED) is 0.397. The molecule has 1 aliphatic rings. The summed E-state index contributed by atoms with van der Waals surface area (Å²) in [5.74, 6) is -0.592. The van der Waals surface area contributed by atoms with Crippen LogP contribution in [0, 0.1) is 5.82 Å². The van der Waals surface area contributed by atoms with Crippen molar-refractivity contribution in [3.63, 3.8) is 0 Å². The fourth-order valence-corrected chi connectivity index (χ4v) is 3.27. The van der Waals surface area contributed by atoms with Crippen molar-refractivity contribution in [2.45, 2.75) is 23.9 Å². The molecule has 0 radical (unpaired) electrons. The van der Waals surface area contributed by atoms with Gasteiger partial charge in [-0.3, -0.25) is 13.8 Å². The Hall–Kier alpha value is -2.00. The maximum Gasteiger partial charge on any atom is 0.316 e. The highest BCUT2D eigenvalue weighted by atomic mass is 32.2. The van der Waals surface area contributed by atoms with E-state index < -0.39 is 27.0 Å². The van der Waals surface area contributed by atoms with Crippen molar-refractivity contribution >= 4 is 22.9 Å². The average Bonchev–Trinajstić information content (AvgIpc) is 3.22. The largest absolute Gasteiger partial charge is 0.317 e. The number of amides is 2. The Morgan fingerprint density at radius 3 is 2.10 bits per heavy atom. The zero-order valence-electron chi connectivity index (χ0n) is 10.8. The fraction of sp³-hybridized carbons (Fsp3) is 0.333. The molecule has 0 spiro atoms. The first kappa shape index (κ1) is 15.4. The molecule has 2 N–H and O–H groups in total. The minimum Gasteiger partial charge on any atom is -0.317 e. The Labute approximate surface area is 120 Å². The van der Waals surface area contributed by atoms with E-state index >= 15 is 0 Å². The molecule has 1 aliphatic carbocycles. The van der Waals surface area contributed by atoms with Gasteiger partial charge in [-0.25, -0.2) is 4.39 Å². The lowest BCUT2D eigenvalue weighted by atomic mass is 10.1. The molecule has 9 heteroatoms. The van der Waals surface area contributed by atoms with Gasteiger partial charge >= 0.3 is 10.1 Å². The number of carbonyl (C=O) groups is 2. The summed E-state index contributed by atoms with van der Waals surface area (Å²) in [5.41, 5.74) is -0.0521. The molecule has 0 aliphatic heterocycles. The SMILES string of the molecule is O=CNC(NC=O)(c1ccc(F)cc1)S(=O)(=O)OC1CC1. The van der Waals surface area contributed by atoms with E-state index in [1.54, 1.807) is 0 Å². The number of rotatable bonds is 8. The maximum absolute atomic E-state index is 13.0. The number of benzene rings is 1. The molecule has 0 heterocycles. The Morgan fingerprint density at radius 1 is 1.14 bits per heavy atom. The summed E-state index contributed by atoms with van der Waals surface area (Å²) in [6.07, 6.45) is 0.903. The van der Waals surface area contributed by atoms with E-state index in [1.807, 2.05) is 10.6 Å². The predicted molar refractivity (Wildman–Crippen MR) is 69.5 cm³/mol. The second kappa shape index (κ2) is 5.78. The van der Waals surface area contributed by atoms with E-state index in [2.05, 4.69) is 0 Å². The summed E-state index contributed by atoms with van der Waals surface area (Å²) in [7, 11) is -4.42. The van der Waals surface area contributed by atoms with Crippen LogP contribution < -0.4 is 10.6 Å². The minimum absolute atomic E-state index is 0.0521. The van der Waals surface area contributed by atoms with Crippen LogP contribution >= 0.6 is 0 Å². The molecule has 21 heavy (non-hydrogen) atoms. The molecular weight excluding hydrogens is 303 g/mol. The van der Waals surface area contributed by atoms with E-state index in [-0.39, 0.29) is 18.4 Å². The van der Waals surface area contributed by atoms with Gasteiger partial charge in [0.05, 0.1) is 6.10 Å². The van der Waals surface area contributed by atoms with Crippen LogP contribution in [0.25, 0.3) is 0 Å². The van der Waals surface area contributed by atoms with Crippen LogP contribution in [0.3, 0.4) is 0 Å². The minimum atomic E-state index is -4.42. The lowest BCUT2D eigenvalue weighted by Gasteiger charge is -2.31. The Bertz CT molecular complexity index is 618. The second-order valence-corrected chi connectivity index (χ2v) is 6.18. The molecular formula is C12H13FN2O5S. The second-order valence-electron chi connectivity index (χ2n) is 4.46. The van der Waals surface area contributed by atoms with Crippen molar-refractivity contribution in [2.75, 3.05) is 0 Å². The first-order valence-corrected chi connectivity index (χ1v) is 7.47. The molecule has 1 aromatic rings. The molecule has 7 nitrogen and oxygen atoms in total. The number of nitrogens with one attached hydrogen (secondary N) is 2. The third kappa shape index (κ3) is 3.03. The summed E-state index contributed by atoms with van der Waals surface area (Å²) >= 11 is 0. The van der Waals surface area contributed by atoms with E-state index in [9.17, 15) is 22.4 Å². The van der Waals surface area contributed by atoms with Gasteiger partial charge in [0.15, 0.2) is 0 Å². The van der Waals surface area contributed by atoms with Gasteiger partial charge in [0, 0.05) is 5.56 Å². The zero-order valence-corrected chi connectivity index (χ0v) is 11.6. The van der Waals surface area contributed by atoms with Gasteiger partial charge in [0.1, 0.15) is 5.82 Å². The average molecular weight is 316 g/mol. The first-order chi connectivity index (χ1) is 9.95. The highest BCUT2D eigenvalue weighted by molar-refractivity contribution is 7.87. The molecule has 1 fully saturated rings. The van der Waals surface area contributed by atoms with Gasteiger partial charge < -0.3 is 10.6 Å². The predicted octanol–water partition coefficient (Wildman–Crippen LogP) is -0.0632. The van der Waals surface area contributed by atoms with Crippen molar-refractivity contribution in [3.8, 4) is 0 Å². The molecule has 0 unspecified atom stereocenters. The third-order valence-electron chi connectivity index (χ3n) is 2.94. The van der Waals surface area contributed by atoms with Gasteiger partial charge in [-0.2, -0.15) is 8.42 Å². The van der Waals surface area contributed by atoms with Crippen molar-refractivity contribution in [3.05, 3.63) is 35.6 Å². The number of carbonyl (C=O) groups excluding carboxylic acids is 2. The molecule has 0 aromatic heterocycles. The monoisotopic (exact) mass is 316 g/mol. The Kier molecular flexibility index (Phi) is 4.24. The summed E-state index contributed by atoms with van der Waals surface area (Å²) in [6.45, 7) is 0. The fourth-order valence-electron chi connectivity index (χ4n) is 1.76. The molecule has 1 saturated carbocycles. The molecule has 0 bridgehead atoms. The van der Waals surface area contributed by atoms with Crippen LogP contribution in [0.15, 0.2) is 24.3 Å². The van der Waals surface area contributed by atoms with Gasteiger partial charge in [-0.15, -0.1) is 0 Å². The van der Waals surface area contributed by atoms with Crippen LogP contribution in [0.5, 0.6) is 0 Å². The third-order valence-corrected chi connectivity index (χ3v) is 4.68. The van der Waals surface area contributed by atoms with Crippen molar-refractivity contribution in [2.24, 2.45) is 0 Å². The standard InChI is InChI=1S/C12H13FN2O5S/c13-10-3-1-9(2-4-10)12(14-7-16,15-8-17)21(18,19)20-11-5-6-11/h1-4,7-8,11H,5-6H2,(H,14,16)(H,15,17). The topological polar surface area (TPSA) is 102 Å². The Morgan fingerprint density at radius 2 is 1.67 bits per heavy atom. The number of hydrogen-bond donors (Lipinski definition) is 2. The highest BCUT2D eigenvalue weighted by Crippen LogP contribution is 2.33. The maximum atomic E-state index is 13.0. The van der Waals surface area contributed by atoms with Gasteiger partial charge in [0.2, 0.25) is 12.8 Å². The van der Waals surface area contributed by atoms with Gasteiger partial charge in [0.25, 0.3) is 4.99 Å². The molecule has 0 saturated heterocycles. The first-order valence-electron chi connectivity index (χ1n) is 6.07. The van der Waals surface area contributed by atoms with Gasteiger partial charge in [-0.05, 0) is 25.0 Å². The summed E-state index contributed by atoms with van der Waals surface area (Å²) in [4.78, 5) is 19.3. The lowest BCUT2D eigenvalue weighted by molar-refractivity contribution is -0.113. The van der Waals surface area contributed by atoms with E-state index in [1.165, 1.54) is 0 Å².